The van der Waals surface area contributed by atoms with Gasteiger partial charge in [0, 0.05) is 20.2 Å². The van der Waals surface area contributed by atoms with Crippen LogP contribution in [0.3, 0.4) is 0 Å². The van der Waals surface area contributed by atoms with Gasteiger partial charge >= 0.3 is 0 Å². The number of aryl methyl sites for hydroxylation is 1. The van der Waals surface area contributed by atoms with Crippen molar-refractivity contribution >= 4 is 10.0 Å². The molecule has 7 nitrogen and oxygen atoms in total. The van der Waals surface area contributed by atoms with Crippen LogP contribution < -0.4 is 0 Å². The van der Waals surface area contributed by atoms with Gasteiger partial charge in [0.05, 0.1) is 30.6 Å². The summed E-state index contributed by atoms with van der Waals surface area (Å²) < 4.78 is 34.0. The Bertz CT molecular complexity index is 597. The standard InChI is InChI=1S/C13H23N3O4S/c1-10-13(11(2)16(14-10)7-8-17)21(18,19)15-6-4-5-12(9-15)20-3/h12,17H,4-9H2,1-3H3. The summed E-state index contributed by atoms with van der Waals surface area (Å²) in [5, 5.41) is 13.2. The van der Waals surface area contributed by atoms with Gasteiger partial charge in [0.1, 0.15) is 4.90 Å². The molecule has 1 aromatic heterocycles. The summed E-state index contributed by atoms with van der Waals surface area (Å²) in [5.74, 6) is 0. The van der Waals surface area contributed by atoms with Gasteiger partial charge in [0.25, 0.3) is 0 Å². The zero-order valence-electron chi connectivity index (χ0n) is 12.7. The first-order valence-electron chi connectivity index (χ1n) is 7.09. The van der Waals surface area contributed by atoms with Crippen LogP contribution in [0.4, 0.5) is 0 Å². The number of nitrogens with zero attached hydrogens (tertiary/aromatic N) is 3. The van der Waals surface area contributed by atoms with Gasteiger partial charge < -0.3 is 9.84 Å². The zero-order valence-corrected chi connectivity index (χ0v) is 13.6. The van der Waals surface area contributed by atoms with Crippen molar-refractivity contribution in [3.63, 3.8) is 0 Å². The number of rotatable bonds is 5. The van der Waals surface area contributed by atoms with Gasteiger partial charge in [0.15, 0.2) is 0 Å². The maximum atomic E-state index is 12.9. The van der Waals surface area contributed by atoms with Gasteiger partial charge in [-0.3, -0.25) is 4.68 Å². The molecule has 0 spiro atoms. The number of hydrogen-bond donors (Lipinski definition) is 1. The maximum absolute atomic E-state index is 12.9. The molecule has 1 saturated heterocycles. The number of piperidine rings is 1. The van der Waals surface area contributed by atoms with E-state index in [1.807, 2.05) is 0 Å². The predicted octanol–water partition coefficient (Wildman–Crippen LogP) is 0.292. The normalized spacial score (nSPS) is 20.9. The van der Waals surface area contributed by atoms with Crippen LogP contribution in [-0.4, -0.2) is 60.5 Å². The van der Waals surface area contributed by atoms with E-state index in [0.717, 1.165) is 12.8 Å². The predicted molar refractivity (Wildman–Crippen MR) is 77.6 cm³/mol. The smallest absolute Gasteiger partial charge is 0.246 e. The Morgan fingerprint density at radius 3 is 2.76 bits per heavy atom. The summed E-state index contributed by atoms with van der Waals surface area (Å²) in [6.45, 7) is 4.51. The molecule has 1 atom stereocenters. The molecular formula is C13H23N3O4S. The Morgan fingerprint density at radius 2 is 2.14 bits per heavy atom. The molecule has 0 radical (unpaired) electrons. The van der Waals surface area contributed by atoms with Crippen molar-refractivity contribution in [2.24, 2.45) is 0 Å². The molecule has 1 N–H and O–H groups in total. The Hall–Kier alpha value is -0.960. The van der Waals surface area contributed by atoms with E-state index in [9.17, 15) is 8.42 Å². The van der Waals surface area contributed by atoms with Gasteiger partial charge in [0.2, 0.25) is 10.0 Å². The second-order valence-electron chi connectivity index (χ2n) is 5.31. The molecule has 0 amide bonds. The fourth-order valence-electron chi connectivity index (χ4n) is 2.81. The summed E-state index contributed by atoms with van der Waals surface area (Å²) in [6.07, 6.45) is 1.62. The number of aliphatic hydroxyl groups is 1. The van der Waals surface area contributed by atoms with Crippen LogP contribution in [0.25, 0.3) is 0 Å². The van der Waals surface area contributed by atoms with Gasteiger partial charge in [-0.25, -0.2) is 8.42 Å². The van der Waals surface area contributed by atoms with Crippen molar-refractivity contribution in [1.29, 1.82) is 0 Å². The van der Waals surface area contributed by atoms with Crippen molar-refractivity contribution < 1.29 is 18.3 Å². The number of aromatic nitrogens is 2. The highest BCUT2D eigenvalue weighted by Crippen LogP contribution is 2.26. The summed E-state index contributed by atoms with van der Waals surface area (Å²) in [4.78, 5) is 0.257. The molecule has 1 aliphatic rings. The molecule has 1 unspecified atom stereocenters. The number of ether oxygens (including phenoxy) is 1. The van der Waals surface area contributed by atoms with E-state index in [4.69, 9.17) is 9.84 Å². The first-order chi connectivity index (χ1) is 9.91. The van der Waals surface area contributed by atoms with Crippen molar-refractivity contribution in [2.75, 3.05) is 26.8 Å². The van der Waals surface area contributed by atoms with Crippen molar-refractivity contribution in [2.45, 2.75) is 44.2 Å². The highest BCUT2D eigenvalue weighted by molar-refractivity contribution is 7.89. The number of methoxy groups -OCH3 is 1. The topological polar surface area (TPSA) is 84.7 Å². The van der Waals surface area contributed by atoms with Crippen LogP contribution >= 0.6 is 0 Å². The van der Waals surface area contributed by atoms with Crippen LogP contribution in [0.15, 0.2) is 4.90 Å². The number of sulfonamides is 1. The van der Waals surface area contributed by atoms with Crippen LogP contribution in [0.1, 0.15) is 24.2 Å². The van der Waals surface area contributed by atoms with Gasteiger partial charge in [-0.1, -0.05) is 0 Å². The van der Waals surface area contributed by atoms with E-state index < -0.39 is 10.0 Å². The van der Waals surface area contributed by atoms with Crippen LogP contribution in [0, 0.1) is 13.8 Å². The minimum absolute atomic E-state index is 0.0541. The quantitative estimate of drug-likeness (QED) is 0.844. The third kappa shape index (κ3) is 3.13. The molecule has 2 heterocycles. The SMILES string of the molecule is COC1CCCN(S(=O)(=O)c2c(C)nn(CCO)c2C)C1. The highest BCUT2D eigenvalue weighted by Gasteiger charge is 2.34. The van der Waals surface area contributed by atoms with Crippen molar-refractivity contribution in [3.05, 3.63) is 11.4 Å². The molecule has 1 aromatic rings. The van der Waals surface area contributed by atoms with E-state index in [-0.39, 0.29) is 17.6 Å². The average Bonchev–Trinajstić information content (AvgIpc) is 2.74. The largest absolute Gasteiger partial charge is 0.394 e. The Morgan fingerprint density at radius 1 is 1.43 bits per heavy atom. The van der Waals surface area contributed by atoms with Crippen LogP contribution in [0.2, 0.25) is 0 Å². The van der Waals surface area contributed by atoms with Gasteiger partial charge in [-0.05, 0) is 26.7 Å². The number of aliphatic hydroxyl groups excluding tert-OH is 1. The second kappa shape index (κ2) is 6.43. The summed E-state index contributed by atoms with van der Waals surface area (Å²) in [6, 6.07) is 0. The molecule has 8 heteroatoms. The molecule has 1 fully saturated rings. The molecule has 0 aromatic carbocycles. The fraction of sp³-hybridized carbons (Fsp3) is 0.769. The third-order valence-electron chi connectivity index (χ3n) is 3.90. The average molecular weight is 317 g/mol. The summed E-state index contributed by atoms with van der Waals surface area (Å²) >= 11 is 0. The fourth-order valence-corrected chi connectivity index (χ4v) is 4.69. The zero-order chi connectivity index (χ0) is 15.6. The maximum Gasteiger partial charge on any atom is 0.246 e. The van der Waals surface area contributed by atoms with E-state index in [2.05, 4.69) is 5.10 Å². The van der Waals surface area contributed by atoms with Gasteiger partial charge in [-0.2, -0.15) is 9.40 Å². The third-order valence-corrected chi connectivity index (χ3v) is 6.02. The van der Waals surface area contributed by atoms with Crippen LogP contribution in [-0.2, 0) is 21.3 Å². The van der Waals surface area contributed by atoms with Gasteiger partial charge in [-0.15, -0.1) is 0 Å². The lowest BCUT2D eigenvalue weighted by molar-refractivity contribution is 0.0571. The van der Waals surface area contributed by atoms with E-state index in [1.165, 1.54) is 4.31 Å². The van der Waals surface area contributed by atoms with E-state index >= 15 is 0 Å². The minimum atomic E-state index is -3.58. The van der Waals surface area contributed by atoms with Crippen molar-refractivity contribution in [1.82, 2.24) is 14.1 Å². The second-order valence-corrected chi connectivity index (χ2v) is 7.18. The number of hydrogen-bond acceptors (Lipinski definition) is 5. The molecule has 0 bridgehead atoms. The lowest BCUT2D eigenvalue weighted by atomic mass is 10.1. The first-order valence-corrected chi connectivity index (χ1v) is 8.53. The minimum Gasteiger partial charge on any atom is -0.394 e. The van der Waals surface area contributed by atoms with E-state index in [1.54, 1.807) is 25.6 Å². The van der Waals surface area contributed by atoms with Crippen molar-refractivity contribution in [3.8, 4) is 0 Å². The molecule has 0 saturated carbocycles. The lowest BCUT2D eigenvalue weighted by Crippen LogP contribution is -2.43. The Labute approximate surface area is 125 Å². The molecule has 120 valence electrons. The molecular weight excluding hydrogens is 294 g/mol. The first kappa shape index (κ1) is 16.4. The summed E-state index contributed by atoms with van der Waals surface area (Å²) in [7, 11) is -1.97. The summed E-state index contributed by atoms with van der Waals surface area (Å²) in [5.41, 5.74) is 1.04. The highest BCUT2D eigenvalue weighted by atomic mass is 32.2. The van der Waals surface area contributed by atoms with Crippen LogP contribution in [0.5, 0.6) is 0 Å². The lowest BCUT2D eigenvalue weighted by Gasteiger charge is -2.31. The Kier molecular flexibility index (Phi) is 5.03. The molecule has 1 aliphatic heterocycles. The monoisotopic (exact) mass is 317 g/mol. The van der Waals surface area contributed by atoms with E-state index in [0.29, 0.717) is 31.0 Å². The Balaban J connectivity index is 2.35. The molecule has 2 rings (SSSR count). The molecule has 21 heavy (non-hydrogen) atoms. The molecule has 0 aliphatic carbocycles.